The highest BCUT2D eigenvalue weighted by Gasteiger charge is 2.15. The summed E-state index contributed by atoms with van der Waals surface area (Å²) in [6, 6.07) is 3.60. The molecule has 3 heterocycles. The highest BCUT2D eigenvalue weighted by atomic mass is 32.1. The standard InChI is InChI=1S/C15H14N4O3S/c1-2-4-13-17-8-11(23-13)15(20)21-9-12-18-14(19-22-12)10-5-3-6-16-7-10/h3,5-8H,2,4,9H2,1H3. The Balaban J connectivity index is 1.60. The third-order valence-corrected chi connectivity index (χ3v) is 3.97. The van der Waals surface area contributed by atoms with Crippen LogP contribution in [0.2, 0.25) is 0 Å². The molecule has 3 aromatic heterocycles. The fraction of sp³-hybridized carbons (Fsp3) is 0.267. The van der Waals surface area contributed by atoms with Crippen molar-refractivity contribution < 1.29 is 14.1 Å². The van der Waals surface area contributed by atoms with E-state index in [1.807, 2.05) is 6.07 Å². The zero-order chi connectivity index (χ0) is 16.1. The molecule has 0 bridgehead atoms. The van der Waals surface area contributed by atoms with Crippen molar-refractivity contribution in [2.75, 3.05) is 0 Å². The van der Waals surface area contributed by atoms with Crippen molar-refractivity contribution in [3.63, 3.8) is 0 Å². The van der Waals surface area contributed by atoms with Gasteiger partial charge < -0.3 is 9.26 Å². The lowest BCUT2D eigenvalue weighted by Gasteiger charge is -1.97. The van der Waals surface area contributed by atoms with Crippen LogP contribution in [0.1, 0.15) is 33.9 Å². The van der Waals surface area contributed by atoms with Crippen molar-refractivity contribution >= 4 is 17.3 Å². The molecular formula is C15H14N4O3S. The predicted molar refractivity (Wildman–Crippen MR) is 82.8 cm³/mol. The van der Waals surface area contributed by atoms with Gasteiger partial charge in [-0.05, 0) is 25.0 Å². The van der Waals surface area contributed by atoms with Crippen LogP contribution in [0.15, 0.2) is 35.2 Å². The fourth-order valence-electron chi connectivity index (χ4n) is 1.86. The van der Waals surface area contributed by atoms with Gasteiger partial charge in [-0.3, -0.25) is 4.98 Å². The molecule has 0 aromatic carbocycles. The van der Waals surface area contributed by atoms with Gasteiger partial charge in [-0.25, -0.2) is 9.78 Å². The maximum Gasteiger partial charge on any atom is 0.350 e. The molecule has 0 saturated heterocycles. The molecule has 0 aliphatic heterocycles. The number of rotatable bonds is 6. The smallest absolute Gasteiger partial charge is 0.350 e. The van der Waals surface area contributed by atoms with E-state index in [2.05, 4.69) is 27.0 Å². The van der Waals surface area contributed by atoms with Gasteiger partial charge in [0.2, 0.25) is 5.82 Å². The van der Waals surface area contributed by atoms with Crippen LogP contribution in [0.25, 0.3) is 11.4 Å². The average molecular weight is 330 g/mol. The van der Waals surface area contributed by atoms with Crippen LogP contribution in [0.4, 0.5) is 0 Å². The normalized spacial score (nSPS) is 10.7. The molecule has 0 spiro atoms. The summed E-state index contributed by atoms with van der Waals surface area (Å²) in [4.78, 5) is 24.8. The van der Waals surface area contributed by atoms with Gasteiger partial charge in [0.25, 0.3) is 5.89 Å². The monoisotopic (exact) mass is 330 g/mol. The van der Waals surface area contributed by atoms with Crippen molar-refractivity contribution in [3.05, 3.63) is 46.5 Å². The Hall–Kier alpha value is -2.61. The molecule has 118 valence electrons. The van der Waals surface area contributed by atoms with Crippen LogP contribution in [-0.2, 0) is 17.8 Å². The number of hydrogen-bond acceptors (Lipinski definition) is 8. The summed E-state index contributed by atoms with van der Waals surface area (Å²) >= 11 is 1.34. The third kappa shape index (κ3) is 3.78. The second-order valence-corrected chi connectivity index (χ2v) is 5.81. The van der Waals surface area contributed by atoms with Crippen LogP contribution in [-0.4, -0.2) is 26.1 Å². The number of carbonyl (C=O) groups is 1. The first kappa shape index (κ1) is 15.3. The SMILES string of the molecule is CCCc1ncc(C(=O)OCc2nc(-c3cccnc3)no2)s1. The minimum absolute atomic E-state index is 0.0763. The number of pyridine rings is 1. The lowest BCUT2D eigenvalue weighted by molar-refractivity contribution is 0.0435. The molecule has 0 amide bonds. The number of thiazole rings is 1. The van der Waals surface area contributed by atoms with E-state index < -0.39 is 5.97 Å². The van der Waals surface area contributed by atoms with E-state index in [9.17, 15) is 4.79 Å². The van der Waals surface area contributed by atoms with Crippen molar-refractivity contribution in [2.24, 2.45) is 0 Å². The summed E-state index contributed by atoms with van der Waals surface area (Å²) in [6.45, 7) is 1.99. The molecule has 0 aliphatic carbocycles. The Bertz CT molecular complexity index is 785. The van der Waals surface area contributed by atoms with E-state index in [0.717, 1.165) is 23.4 Å². The molecular weight excluding hydrogens is 316 g/mol. The first-order valence-electron chi connectivity index (χ1n) is 7.11. The molecule has 3 rings (SSSR count). The van der Waals surface area contributed by atoms with Crippen LogP contribution < -0.4 is 0 Å². The van der Waals surface area contributed by atoms with Gasteiger partial charge >= 0.3 is 5.97 Å². The van der Waals surface area contributed by atoms with E-state index in [1.165, 1.54) is 17.5 Å². The fourth-order valence-corrected chi connectivity index (χ4v) is 2.77. The quantitative estimate of drug-likeness (QED) is 0.642. The molecule has 0 N–H and O–H groups in total. The van der Waals surface area contributed by atoms with Crippen LogP contribution >= 0.6 is 11.3 Å². The number of esters is 1. The molecule has 0 fully saturated rings. The van der Waals surface area contributed by atoms with E-state index in [0.29, 0.717) is 10.7 Å². The topological polar surface area (TPSA) is 91.0 Å². The van der Waals surface area contributed by atoms with E-state index in [4.69, 9.17) is 9.26 Å². The Morgan fingerprint density at radius 2 is 2.30 bits per heavy atom. The largest absolute Gasteiger partial charge is 0.451 e. The molecule has 23 heavy (non-hydrogen) atoms. The zero-order valence-corrected chi connectivity index (χ0v) is 13.2. The van der Waals surface area contributed by atoms with Gasteiger partial charge in [0, 0.05) is 18.0 Å². The second-order valence-electron chi connectivity index (χ2n) is 4.70. The highest BCUT2D eigenvalue weighted by molar-refractivity contribution is 7.13. The van der Waals surface area contributed by atoms with E-state index in [1.54, 1.807) is 18.5 Å². The maximum absolute atomic E-state index is 12.0. The molecule has 0 unspecified atom stereocenters. The maximum atomic E-state index is 12.0. The van der Waals surface area contributed by atoms with Crippen LogP contribution in [0.3, 0.4) is 0 Å². The van der Waals surface area contributed by atoms with Gasteiger partial charge in [-0.2, -0.15) is 4.98 Å². The summed E-state index contributed by atoms with van der Waals surface area (Å²) in [5.41, 5.74) is 0.737. The van der Waals surface area contributed by atoms with Crippen LogP contribution in [0.5, 0.6) is 0 Å². The minimum atomic E-state index is -0.439. The molecule has 0 aliphatic rings. The lowest BCUT2D eigenvalue weighted by Crippen LogP contribution is -2.03. The number of aromatic nitrogens is 4. The van der Waals surface area contributed by atoms with Crippen molar-refractivity contribution in [1.82, 2.24) is 20.1 Å². The summed E-state index contributed by atoms with van der Waals surface area (Å²) in [7, 11) is 0. The van der Waals surface area contributed by atoms with E-state index >= 15 is 0 Å². The van der Waals surface area contributed by atoms with Gasteiger partial charge in [0.05, 0.1) is 11.2 Å². The number of carbonyl (C=O) groups excluding carboxylic acids is 1. The van der Waals surface area contributed by atoms with Gasteiger partial charge in [-0.1, -0.05) is 12.1 Å². The second kappa shape index (κ2) is 7.10. The first-order chi connectivity index (χ1) is 11.3. The number of ether oxygens (including phenoxy) is 1. The summed E-state index contributed by atoms with van der Waals surface area (Å²) in [5, 5.41) is 4.77. The Morgan fingerprint density at radius 1 is 1.39 bits per heavy atom. The van der Waals surface area contributed by atoms with Crippen molar-refractivity contribution in [1.29, 1.82) is 0 Å². The van der Waals surface area contributed by atoms with E-state index in [-0.39, 0.29) is 12.5 Å². The Labute approximate surface area is 136 Å². The van der Waals surface area contributed by atoms with Gasteiger partial charge in [-0.15, -0.1) is 11.3 Å². The molecule has 0 saturated carbocycles. The molecule has 0 radical (unpaired) electrons. The van der Waals surface area contributed by atoms with Crippen molar-refractivity contribution in [2.45, 2.75) is 26.4 Å². The summed E-state index contributed by atoms with van der Waals surface area (Å²) in [5.74, 6) is 0.202. The van der Waals surface area contributed by atoms with Gasteiger partial charge in [0.15, 0.2) is 6.61 Å². The van der Waals surface area contributed by atoms with Crippen molar-refractivity contribution in [3.8, 4) is 11.4 Å². The van der Waals surface area contributed by atoms with Crippen LogP contribution in [0, 0.1) is 0 Å². The Morgan fingerprint density at radius 3 is 3.09 bits per heavy atom. The third-order valence-electron chi connectivity index (χ3n) is 2.93. The minimum Gasteiger partial charge on any atom is -0.451 e. The first-order valence-corrected chi connectivity index (χ1v) is 7.92. The summed E-state index contributed by atoms with van der Waals surface area (Å²) in [6.07, 6.45) is 6.67. The number of hydrogen-bond donors (Lipinski definition) is 0. The molecule has 7 nitrogen and oxygen atoms in total. The highest BCUT2D eigenvalue weighted by Crippen LogP contribution is 2.17. The Kier molecular flexibility index (Phi) is 4.72. The molecule has 8 heteroatoms. The predicted octanol–water partition coefficient (Wildman–Crippen LogP) is 2.90. The summed E-state index contributed by atoms with van der Waals surface area (Å²) < 4.78 is 10.2. The number of nitrogens with zero attached hydrogens (tertiary/aromatic N) is 4. The molecule has 0 atom stereocenters. The number of aryl methyl sites for hydroxylation is 1. The average Bonchev–Trinajstić information content (AvgIpc) is 3.23. The molecule has 3 aromatic rings. The van der Waals surface area contributed by atoms with Gasteiger partial charge in [0.1, 0.15) is 4.88 Å². The zero-order valence-electron chi connectivity index (χ0n) is 12.4. The lowest BCUT2D eigenvalue weighted by atomic mass is 10.3.